The van der Waals surface area contributed by atoms with Crippen LogP contribution in [-0.2, 0) is 35.1 Å². The molecule has 1 atom stereocenters. The van der Waals surface area contributed by atoms with Gasteiger partial charge in [-0.1, -0.05) is 30.3 Å². The SMILES string of the molecule is CCOC(=O)CCC(OC(=O)OCc1ccccc1)C(=O)OCC. The van der Waals surface area contributed by atoms with Gasteiger partial charge in [-0.15, -0.1) is 0 Å². The van der Waals surface area contributed by atoms with Gasteiger partial charge in [0.25, 0.3) is 0 Å². The van der Waals surface area contributed by atoms with Crippen molar-refractivity contribution in [2.45, 2.75) is 39.4 Å². The molecule has 0 spiro atoms. The molecule has 0 radical (unpaired) electrons. The van der Waals surface area contributed by atoms with Crippen molar-refractivity contribution in [3.63, 3.8) is 0 Å². The third-order valence-corrected chi connectivity index (χ3v) is 2.90. The first-order chi connectivity index (χ1) is 11.6. The van der Waals surface area contributed by atoms with Crippen molar-refractivity contribution in [3.05, 3.63) is 35.9 Å². The number of carbonyl (C=O) groups is 3. The second-order valence-corrected chi connectivity index (χ2v) is 4.73. The number of hydrogen-bond donors (Lipinski definition) is 0. The van der Waals surface area contributed by atoms with E-state index in [0.717, 1.165) is 5.56 Å². The summed E-state index contributed by atoms with van der Waals surface area (Å²) in [4.78, 5) is 34.9. The molecule has 0 saturated heterocycles. The standard InChI is InChI=1S/C17H22O7/c1-3-21-15(18)11-10-14(16(19)22-4-2)24-17(20)23-12-13-8-6-5-7-9-13/h5-9,14H,3-4,10-12H2,1-2H3. The van der Waals surface area contributed by atoms with E-state index in [2.05, 4.69) is 0 Å². The van der Waals surface area contributed by atoms with Crippen molar-refractivity contribution in [1.29, 1.82) is 0 Å². The first-order valence-corrected chi connectivity index (χ1v) is 7.76. The molecule has 0 aliphatic heterocycles. The summed E-state index contributed by atoms with van der Waals surface area (Å²) in [5.74, 6) is -1.20. The molecule has 0 aliphatic rings. The maximum atomic E-state index is 11.8. The summed E-state index contributed by atoms with van der Waals surface area (Å²) >= 11 is 0. The van der Waals surface area contributed by atoms with Crippen molar-refractivity contribution in [1.82, 2.24) is 0 Å². The summed E-state index contributed by atoms with van der Waals surface area (Å²) in [6.07, 6.45) is -2.31. The second-order valence-electron chi connectivity index (χ2n) is 4.73. The van der Waals surface area contributed by atoms with Crippen LogP contribution in [0.1, 0.15) is 32.3 Å². The predicted octanol–water partition coefficient (Wildman–Crippen LogP) is 2.61. The number of carbonyl (C=O) groups excluding carboxylic acids is 3. The molecule has 0 amide bonds. The number of hydrogen-bond acceptors (Lipinski definition) is 7. The molecule has 0 aliphatic carbocycles. The van der Waals surface area contributed by atoms with Gasteiger partial charge < -0.3 is 18.9 Å². The molecule has 7 heteroatoms. The molecule has 0 N–H and O–H groups in total. The first kappa shape index (κ1) is 19.5. The zero-order valence-corrected chi connectivity index (χ0v) is 13.9. The Morgan fingerprint density at radius 2 is 1.62 bits per heavy atom. The quantitative estimate of drug-likeness (QED) is 0.505. The fourth-order valence-corrected chi connectivity index (χ4v) is 1.81. The third-order valence-electron chi connectivity index (χ3n) is 2.90. The average molecular weight is 338 g/mol. The van der Waals surface area contributed by atoms with Gasteiger partial charge in [0.1, 0.15) is 6.61 Å². The molecule has 0 aromatic heterocycles. The Labute approximate surface area is 140 Å². The van der Waals surface area contributed by atoms with Gasteiger partial charge in [0, 0.05) is 12.8 Å². The molecular formula is C17H22O7. The van der Waals surface area contributed by atoms with E-state index in [0.29, 0.717) is 0 Å². The van der Waals surface area contributed by atoms with Gasteiger partial charge in [0.05, 0.1) is 13.2 Å². The lowest BCUT2D eigenvalue weighted by molar-refractivity contribution is -0.156. The molecule has 0 saturated carbocycles. The lowest BCUT2D eigenvalue weighted by Crippen LogP contribution is -2.30. The van der Waals surface area contributed by atoms with Crippen LogP contribution in [0.3, 0.4) is 0 Å². The summed E-state index contributed by atoms with van der Waals surface area (Å²) in [7, 11) is 0. The maximum absolute atomic E-state index is 11.8. The third kappa shape index (κ3) is 7.62. The smallest absolute Gasteiger partial charge is 0.466 e. The largest absolute Gasteiger partial charge is 0.509 e. The molecule has 1 aromatic rings. The molecule has 1 rings (SSSR count). The highest BCUT2D eigenvalue weighted by atomic mass is 16.7. The molecule has 0 fully saturated rings. The molecule has 7 nitrogen and oxygen atoms in total. The molecule has 1 aromatic carbocycles. The van der Waals surface area contributed by atoms with E-state index in [1.807, 2.05) is 18.2 Å². The van der Waals surface area contributed by atoms with Crippen LogP contribution in [0.25, 0.3) is 0 Å². The van der Waals surface area contributed by atoms with Gasteiger partial charge in [-0.3, -0.25) is 4.79 Å². The van der Waals surface area contributed by atoms with Crippen LogP contribution in [0.5, 0.6) is 0 Å². The van der Waals surface area contributed by atoms with Crippen LogP contribution in [0, 0.1) is 0 Å². The lowest BCUT2D eigenvalue weighted by Gasteiger charge is -2.16. The van der Waals surface area contributed by atoms with Crippen LogP contribution in [-0.4, -0.2) is 37.4 Å². The van der Waals surface area contributed by atoms with Gasteiger partial charge >= 0.3 is 18.1 Å². The molecule has 24 heavy (non-hydrogen) atoms. The Morgan fingerprint density at radius 3 is 2.25 bits per heavy atom. The summed E-state index contributed by atoms with van der Waals surface area (Å²) < 4.78 is 19.5. The molecule has 1 unspecified atom stereocenters. The zero-order chi connectivity index (χ0) is 17.8. The van der Waals surface area contributed by atoms with Crippen molar-refractivity contribution in [2.75, 3.05) is 13.2 Å². The highest BCUT2D eigenvalue weighted by molar-refractivity contribution is 5.78. The highest BCUT2D eigenvalue weighted by Gasteiger charge is 2.26. The summed E-state index contributed by atoms with van der Waals surface area (Å²) in [5, 5.41) is 0. The van der Waals surface area contributed by atoms with E-state index in [1.165, 1.54) is 0 Å². The van der Waals surface area contributed by atoms with Crippen LogP contribution >= 0.6 is 0 Å². The van der Waals surface area contributed by atoms with Crippen LogP contribution in [0.4, 0.5) is 4.79 Å². The second kappa shape index (κ2) is 11.0. The molecular weight excluding hydrogens is 316 g/mol. The van der Waals surface area contributed by atoms with E-state index >= 15 is 0 Å². The molecule has 0 bridgehead atoms. The van der Waals surface area contributed by atoms with Gasteiger partial charge in [-0.2, -0.15) is 0 Å². The number of rotatable bonds is 9. The maximum Gasteiger partial charge on any atom is 0.509 e. The topological polar surface area (TPSA) is 88.1 Å². The summed E-state index contributed by atoms with van der Waals surface area (Å²) in [6.45, 7) is 3.71. The van der Waals surface area contributed by atoms with Crippen LogP contribution in [0.2, 0.25) is 0 Å². The Balaban J connectivity index is 2.51. The minimum absolute atomic E-state index is 0.0209. The summed E-state index contributed by atoms with van der Waals surface area (Å²) in [6, 6.07) is 9.04. The molecule has 0 heterocycles. The van der Waals surface area contributed by atoms with Gasteiger partial charge in [0.2, 0.25) is 6.10 Å². The highest BCUT2D eigenvalue weighted by Crippen LogP contribution is 2.09. The normalized spacial score (nSPS) is 11.2. The minimum Gasteiger partial charge on any atom is -0.466 e. The fraction of sp³-hybridized carbons (Fsp3) is 0.471. The Hall–Kier alpha value is -2.57. The van der Waals surface area contributed by atoms with Crippen molar-refractivity contribution >= 4 is 18.1 Å². The Bertz CT molecular complexity index is 527. The number of ether oxygens (including phenoxy) is 4. The average Bonchev–Trinajstić information content (AvgIpc) is 2.58. The van der Waals surface area contributed by atoms with Crippen LogP contribution < -0.4 is 0 Å². The fourth-order valence-electron chi connectivity index (χ4n) is 1.81. The summed E-state index contributed by atoms with van der Waals surface area (Å²) in [5.41, 5.74) is 0.786. The first-order valence-electron chi connectivity index (χ1n) is 7.76. The van der Waals surface area contributed by atoms with Crippen molar-refractivity contribution in [2.24, 2.45) is 0 Å². The van der Waals surface area contributed by atoms with Gasteiger partial charge in [-0.05, 0) is 19.4 Å². The van der Waals surface area contributed by atoms with E-state index in [9.17, 15) is 14.4 Å². The van der Waals surface area contributed by atoms with Crippen molar-refractivity contribution in [3.8, 4) is 0 Å². The van der Waals surface area contributed by atoms with Crippen LogP contribution in [0.15, 0.2) is 30.3 Å². The zero-order valence-electron chi connectivity index (χ0n) is 13.9. The van der Waals surface area contributed by atoms with Crippen molar-refractivity contribution < 1.29 is 33.3 Å². The van der Waals surface area contributed by atoms with E-state index < -0.39 is 24.2 Å². The van der Waals surface area contributed by atoms with E-state index in [-0.39, 0.29) is 32.7 Å². The van der Waals surface area contributed by atoms with Gasteiger partial charge in [0.15, 0.2) is 0 Å². The number of benzene rings is 1. The molecule has 132 valence electrons. The Kier molecular flexibility index (Phi) is 8.96. The Morgan fingerprint density at radius 1 is 0.958 bits per heavy atom. The van der Waals surface area contributed by atoms with Gasteiger partial charge in [-0.25, -0.2) is 9.59 Å². The van der Waals surface area contributed by atoms with E-state index in [4.69, 9.17) is 18.9 Å². The monoisotopic (exact) mass is 338 g/mol. The number of esters is 2. The minimum atomic E-state index is -1.21. The lowest BCUT2D eigenvalue weighted by atomic mass is 10.2. The van der Waals surface area contributed by atoms with E-state index in [1.54, 1.807) is 26.0 Å². The predicted molar refractivity (Wildman–Crippen MR) is 84.0 cm³/mol.